The molecule has 120 valence electrons. The van der Waals surface area contributed by atoms with Crippen LogP contribution in [0.15, 0.2) is 23.1 Å². The first-order valence-corrected chi connectivity index (χ1v) is 9.50. The lowest BCUT2D eigenvalue weighted by atomic mass is 10.1. The van der Waals surface area contributed by atoms with Gasteiger partial charge >= 0.3 is 0 Å². The Morgan fingerprint density at radius 3 is 2.68 bits per heavy atom. The molecule has 0 radical (unpaired) electrons. The van der Waals surface area contributed by atoms with Gasteiger partial charge in [-0.25, -0.2) is 12.8 Å². The van der Waals surface area contributed by atoms with Gasteiger partial charge in [0, 0.05) is 16.5 Å². The second-order valence-electron chi connectivity index (χ2n) is 5.16. The molecule has 0 spiro atoms. The lowest BCUT2D eigenvalue weighted by Gasteiger charge is -2.10. The van der Waals surface area contributed by atoms with Gasteiger partial charge in [-0.05, 0) is 25.5 Å². The first kappa shape index (κ1) is 17.0. The van der Waals surface area contributed by atoms with Gasteiger partial charge in [0.15, 0.2) is 15.6 Å². The number of nitrogens with one attached hydrogen (secondary N) is 1. The number of sulfone groups is 1. The van der Waals surface area contributed by atoms with Crippen LogP contribution in [0.25, 0.3) is 0 Å². The van der Waals surface area contributed by atoms with Crippen LogP contribution in [-0.4, -0.2) is 43.4 Å². The van der Waals surface area contributed by atoms with Crippen molar-refractivity contribution in [2.75, 3.05) is 17.3 Å². The van der Waals surface area contributed by atoms with E-state index in [1.165, 1.54) is 19.1 Å². The highest BCUT2D eigenvalue weighted by atomic mass is 32.2. The van der Waals surface area contributed by atoms with Crippen LogP contribution in [0.5, 0.6) is 0 Å². The van der Waals surface area contributed by atoms with Crippen molar-refractivity contribution in [1.29, 1.82) is 0 Å². The normalized spacial score (nSPS) is 19.8. The van der Waals surface area contributed by atoms with E-state index >= 15 is 0 Å². The van der Waals surface area contributed by atoms with Crippen LogP contribution in [0, 0.1) is 5.82 Å². The molecule has 2 rings (SSSR count). The Morgan fingerprint density at radius 2 is 2.14 bits per heavy atom. The summed E-state index contributed by atoms with van der Waals surface area (Å²) in [7, 11) is -3.04. The SMILES string of the molecule is CC(=O)c1ccc(SCC(=O)NC2CCS(=O)(=O)C2)c(F)c1. The van der Waals surface area contributed by atoms with Gasteiger partial charge in [-0.3, -0.25) is 9.59 Å². The molecule has 1 fully saturated rings. The van der Waals surface area contributed by atoms with Crippen LogP contribution >= 0.6 is 11.8 Å². The predicted molar refractivity (Wildman–Crippen MR) is 82.3 cm³/mol. The number of ketones is 1. The van der Waals surface area contributed by atoms with E-state index in [4.69, 9.17) is 0 Å². The topological polar surface area (TPSA) is 80.3 Å². The molecule has 0 saturated carbocycles. The summed E-state index contributed by atoms with van der Waals surface area (Å²) in [5.41, 5.74) is 0.280. The molecule has 22 heavy (non-hydrogen) atoms. The lowest BCUT2D eigenvalue weighted by Crippen LogP contribution is -2.36. The summed E-state index contributed by atoms with van der Waals surface area (Å²) < 4.78 is 36.4. The Balaban J connectivity index is 1.88. The maximum absolute atomic E-state index is 13.8. The molecule has 1 N–H and O–H groups in total. The Hall–Kier alpha value is -1.41. The van der Waals surface area contributed by atoms with Gasteiger partial charge in [0.05, 0.1) is 17.3 Å². The van der Waals surface area contributed by atoms with Crippen molar-refractivity contribution in [2.24, 2.45) is 0 Å². The molecule has 0 aromatic heterocycles. The number of benzene rings is 1. The summed E-state index contributed by atoms with van der Waals surface area (Å²) in [6, 6.07) is 3.76. The molecule has 1 amide bonds. The van der Waals surface area contributed by atoms with Crippen molar-refractivity contribution >= 4 is 33.3 Å². The quantitative estimate of drug-likeness (QED) is 0.645. The molecule has 1 unspecified atom stereocenters. The number of hydrogen-bond acceptors (Lipinski definition) is 5. The van der Waals surface area contributed by atoms with E-state index in [9.17, 15) is 22.4 Å². The molecular formula is C14H16FNO4S2. The number of hydrogen-bond donors (Lipinski definition) is 1. The Kier molecular flexibility index (Phi) is 5.23. The van der Waals surface area contributed by atoms with E-state index in [0.29, 0.717) is 6.42 Å². The Labute approximate surface area is 132 Å². The molecule has 0 bridgehead atoms. The summed E-state index contributed by atoms with van der Waals surface area (Å²) in [5, 5.41) is 2.64. The van der Waals surface area contributed by atoms with Crippen LogP contribution in [-0.2, 0) is 14.6 Å². The molecule has 1 saturated heterocycles. The minimum atomic E-state index is -3.04. The van der Waals surface area contributed by atoms with Crippen molar-refractivity contribution in [1.82, 2.24) is 5.32 Å². The van der Waals surface area contributed by atoms with Crippen LogP contribution in [0.2, 0.25) is 0 Å². The number of amides is 1. The number of carbonyl (C=O) groups is 2. The van der Waals surface area contributed by atoms with Gasteiger partial charge in [0.1, 0.15) is 5.82 Å². The first-order valence-electron chi connectivity index (χ1n) is 6.70. The van der Waals surface area contributed by atoms with Gasteiger partial charge in [-0.2, -0.15) is 0 Å². The molecule has 0 aliphatic carbocycles. The summed E-state index contributed by atoms with van der Waals surface area (Å²) >= 11 is 1.01. The first-order chi connectivity index (χ1) is 10.3. The van der Waals surface area contributed by atoms with Crippen molar-refractivity contribution in [3.8, 4) is 0 Å². The van der Waals surface area contributed by atoms with Gasteiger partial charge in [0.25, 0.3) is 0 Å². The monoisotopic (exact) mass is 345 g/mol. The number of halogens is 1. The standard InChI is InChI=1S/C14H16FNO4S2/c1-9(17)10-2-3-13(12(15)6-10)21-7-14(18)16-11-4-5-22(19,20)8-11/h2-3,6,11H,4-5,7-8H2,1H3,(H,16,18). The largest absolute Gasteiger partial charge is 0.352 e. The van der Waals surface area contributed by atoms with E-state index in [2.05, 4.69) is 5.32 Å². The lowest BCUT2D eigenvalue weighted by molar-refractivity contribution is -0.119. The fourth-order valence-corrected chi connectivity index (χ4v) is 4.56. The summed E-state index contributed by atoms with van der Waals surface area (Å²) in [5.74, 6) is -1.06. The average Bonchev–Trinajstić information content (AvgIpc) is 2.76. The number of Topliss-reactive ketones (excluding diaryl/α,β-unsaturated/α-hetero) is 1. The van der Waals surface area contributed by atoms with Gasteiger partial charge in [-0.15, -0.1) is 11.8 Å². The second kappa shape index (κ2) is 6.78. The van der Waals surface area contributed by atoms with Crippen LogP contribution in [0.3, 0.4) is 0 Å². The molecule has 1 aromatic carbocycles. The van der Waals surface area contributed by atoms with Gasteiger partial charge < -0.3 is 5.32 Å². The highest BCUT2D eigenvalue weighted by Gasteiger charge is 2.28. The Morgan fingerprint density at radius 1 is 1.41 bits per heavy atom. The molecule has 1 aromatic rings. The smallest absolute Gasteiger partial charge is 0.230 e. The van der Waals surface area contributed by atoms with E-state index in [-0.39, 0.29) is 45.4 Å². The van der Waals surface area contributed by atoms with Gasteiger partial charge in [0.2, 0.25) is 5.91 Å². The molecule has 1 aliphatic rings. The average molecular weight is 345 g/mol. The maximum Gasteiger partial charge on any atom is 0.230 e. The molecule has 5 nitrogen and oxygen atoms in total. The zero-order valence-electron chi connectivity index (χ0n) is 12.0. The number of thioether (sulfide) groups is 1. The highest BCUT2D eigenvalue weighted by molar-refractivity contribution is 8.00. The third kappa shape index (κ3) is 4.54. The van der Waals surface area contributed by atoms with E-state index < -0.39 is 15.7 Å². The molecule has 1 heterocycles. The summed E-state index contributed by atoms with van der Waals surface area (Å²) in [4.78, 5) is 23.2. The maximum atomic E-state index is 13.8. The van der Waals surface area contributed by atoms with E-state index in [1.54, 1.807) is 0 Å². The van der Waals surface area contributed by atoms with Crippen LogP contribution in [0.4, 0.5) is 4.39 Å². The molecule has 1 atom stereocenters. The molecule has 8 heteroatoms. The van der Waals surface area contributed by atoms with E-state index in [1.807, 2.05) is 0 Å². The zero-order valence-corrected chi connectivity index (χ0v) is 13.6. The Bertz CT molecular complexity index is 703. The third-order valence-electron chi connectivity index (χ3n) is 3.29. The second-order valence-corrected chi connectivity index (χ2v) is 8.40. The van der Waals surface area contributed by atoms with Crippen molar-refractivity contribution < 1.29 is 22.4 Å². The van der Waals surface area contributed by atoms with Crippen molar-refractivity contribution in [3.63, 3.8) is 0 Å². The minimum Gasteiger partial charge on any atom is -0.352 e. The molecular weight excluding hydrogens is 329 g/mol. The van der Waals surface area contributed by atoms with Crippen LogP contribution < -0.4 is 5.32 Å². The minimum absolute atomic E-state index is 0.00706. The predicted octanol–water partition coefficient (Wildman–Crippen LogP) is 1.42. The summed E-state index contributed by atoms with van der Waals surface area (Å²) in [6.45, 7) is 1.35. The zero-order chi connectivity index (χ0) is 16.3. The third-order valence-corrected chi connectivity index (χ3v) is 6.11. The van der Waals surface area contributed by atoms with Crippen molar-refractivity contribution in [2.45, 2.75) is 24.3 Å². The van der Waals surface area contributed by atoms with Crippen molar-refractivity contribution in [3.05, 3.63) is 29.6 Å². The molecule has 1 aliphatic heterocycles. The van der Waals surface area contributed by atoms with Gasteiger partial charge in [-0.1, -0.05) is 6.07 Å². The van der Waals surface area contributed by atoms with E-state index in [0.717, 1.165) is 17.8 Å². The van der Waals surface area contributed by atoms with Crippen LogP contribution in [0.1, 0.15) is 23.7 Å². The number of rotatable bonds is 5. The number of carbonyl (C=O) groups excluding carboxylic acids is 2. The fraction of sp³-hybridized carbons (Fsp3) is 0.429. The fourth-order valence-electron chi connectivity index (χ4n) is 2.16. The summed E-state index contributed by atoms with van der Waals surface area (Å²) in [6.07, 6.45) is 0.417. The highest BCUT2D eigenvalue weighted by Crippen LogP contribution is 2.23.